The first kappa shape index (κ1) is 24.6. The second-order valence-electron chi connectivity index (χ2n) is 12.8. The average Bonchev–Trinajstić information content (AvgIpc) is 3.35. The molecule has 5 rings (SSSR count). The fourth-order valence-electron chi connectivity index (χ4n) is 6.38. The number of oxazole rings is 1. The van der Waals surface area contributed by atoms with Gasteiger partial charge in [-0.05, 0) is 48.3 Å². The molecule has 6 atom stereocenters. The lowest BCUT2D eigenvalue weighted by Crippen LogP contribution is -2.57. The number of likely N-dealkylation sites (tertiary alicyclic amines) is 1. The summed E-state index contributed by atoms with van der Waals surface area (Å²) in [7, 11) is 0. The lowest BCUT2D eigenvalue weighted by atomic mass is 9.85. The van der Waals surface area contributed by atoms with E-state index in [9.17, 15) is 19.6 Å². The molecule has 0 radical (unpaired) electrons. The number of hydrogen-bond acceptors (Lipinski definition) is 7. The Morgan fingerprint density at radius 2 is 2.08 bits per heavy atom. The molecule has 0 unspecified atom stereocenters. The topological polar surface area (TPSA) is 140 Å². The van der Waals surface area contributed by atoms with Crippen molar-refractivity contribution >= 4 is 23.7 Å². The van der Waals surface area contributed by atoms with Gasteiger partial charge in [0, 0.05) is 18.0 Å². The molecule has 2 saturated carbocycles. The normalized spacial score (nSPS) is 30.7. The Kier molecular flexibility index (Phi) is 5.61. The maximum atomic E-state index is 13.9. The predicted molar refractivity (Wildman–Crippen MR) is 130 cm³/mol. The molecule has 0 bridgehead atoms. The van der Waals surface area contributed by atoms with Crippen LogP contribution in [0.3, 0.4) is 0 Å². The average molecular weight is 497 g/mol. The monoisotopic (exact) mass is 496 g/mol. The summed E-state index contributed by atoms with van der Waals surface area (Å²) < 4.78 is 5.33. The standard InChI is InChI=1S/C26H36N6O4/c1-24(2,3)19(30-23-28-8-9-36-23)22(35)32-13-16-17(25(16,4)5)18(32)21(34)29-15(12-27)10-14-11-26(6-7-26)31-20(14)33/h8-9,14-19H,6-7,10-11,13H2,1-5H3,(H,28,30)(H,29,34)(H,31,33)/t14-,15+,16+,17+,18+,19-/m1/s1. The van der Waals surface area contributed by atoms with Crippen molar-refractivity contribution in [2.24, 2.45) is 28.6 Å². The summed E-state index contributed by atoms with van der Waals surface area (Å²) in [6.07, 6.45) is 5.90. The van der Waals surface area contributed by atoms with E-state index in [1.54, 1.807) is 4.90 Å². The van der Waals surface area contributed by atoms with E-state index in [0.29, 0.717) is 13.0 Å². The van der Waals surface area contributed by atoms with Gasteiger partial charge in [0.2, 0.25) is 17.7 Å². The second kappa shape index (κ2) is 8.22. The van der Waals surface area contributed by atoms with Gasteiger partial charge in [-0.25, -0.2) is 4.98 Å². The molecule has 4 aliphatic rings. The molecule has 194 valence electrons. The Bertz CT molecular complexity index is 1100. The molecule has 2 aliphatic carbocycles. The van der Waals surface area contributed by atoms with Crippen LogP contribution in [0.4, 0.5) is 6.01 Å². The number of anilines is 1. The van der Waals surface area contributed by atoms with Crippen LogP contribution < -0.4 is 16.0 Å². The molecular formula is C26H36N6O4. The van der Waals surface area contributed by atoms with Crippen LogP contribution in [0.1, 0.15) is 60.3 Å². The zero-order chi connectivity index (χ0) is 26.0. The van der Waals surface area contributed by atoms with Crippen molar-refractivity contribution in [3.63, 3.8) is 0 Å². The number of piperidine rings is 1. The van der Waals surface area contributed by atoms with Gasteiger partial charge in [0.1, 0.15) is 24.4 Å². The van der Waals surface area contributed by atoms with Crippen LogP contribution in [0.15, 0.2) is 16.9 Å². The third kappa shape index (κ3) is 4.22. The van der Waals surface area contributed by atoms with E-state index in [1.807, 2.05) is 20.8 Å². The van der Waals surface area contributed by atoms with Gasteiger partial charge in [-0.2, -0.15) is 5.26 Å². The Balaban J connectivity index is 1.32. The minimum absolute atomic E-state index is 0.0210. The minimum atomic E-state index is -0.788. The molecule has 0 aromatic carbocycles. The zero-order valence-electron chi connectivity index (χ0n) is 21.6. The number of aromatic nitrogens is 1. The highest BCUT2D eigenvalue weighted by molar-refractivity contribution is 5.93. The third-order valence-corrected chi connectivity index (χ3v) is 8.82. The number of nitrogens with zero attached hydrogens (tertiary/aromatic N) is 3. The molecule has 10 heteroatoms. The van der Waals surface area contributed by atoms with Crippen LogP contribution >= 0.6 is 0 Å². The Morgan fingerprint density at radius 1 is 1.36 bits per heavy atom. The first-order chi connectivity index (χ1) is 16.9. The fourth-order valence-corrected chi connectivity index (χ4v) is 6.38. The van der Waals surface area contributed by atoms with Crippen molar-refractivity contribution in [3.8, 4) is 6.07 Å². The Morgan fingerprint density at radius 3 is 2.64 bits per heavy atom. The van der Waals surface area contributed by atoms with Crippen molar-refractivity contribution in [3.05, 3.63) is 12.5 Å². The van der Waals surface area contributed by atoms with Crippen molar-refractivity contribution in [2.45, 2.75) is 84.0 Å². The smallest absolute Gasteiger partial charge is 0.295 e. The third-order valence-electron chi connectivity index (χ3n) is 8.82. The molecule has 36 heavy (non-hydrogen) atoms. The number of carbonyl (C=O) groups is 3. The molecule has 10 nitrogen and oxygen atoms in total. The summed E-state index contributed by atoms with van der Waals surface area (Å²) in [5.74, 6) is -0.588. The van der Waals surface area contributed by atoms with E-state index in [0.717, 1.165) is 12.8 Å². The van der Waals surface area contributed by atoms with Crippen LogP contribution in [0.2, 0.25) is 0 Å². The number of carbonyl (C=O) groups excluding carboxylic acids is 3. The quantitative estimate of drug-likeness (QED) is 0.525. The van der Waals surface area contributed by atoms with Gasteiger partial charge < -0.3 is 25.3 Å². The van der Waals surface area contributed by atoms with E-state index in [4.69, 9.17) is 4.42 Å². The summed E-state index contributed by atoms with van der Waals surface area (Å²) in [5, 5.41) is 18.8. The van der Waals surface area contributed by atoms with Crippen LogP contribution in [-0.4, -0.2) is 57.8 Å². The van der Waals surface area contributed by atoms with Gasteiger partial charge >= 0.3 is 0 Å². The Hall–Kier alpha value is -3.09. The van der Waals surface area contributed by atoms with Crippen LogP contribution in [-0.2, 0) is 14.4 Å². The highest BCUT2D eigenvalue weighted by Gasteiger charge is 2.70. The van der Waals surface area contributed by atoms with Crippen LogP contribution in [0.25, 0.3) is 0 Å². The van der Waals surface area contributed by atoms with Crippen molar-refractivity contribution in [1.82, 2.24) is 20.5 Å². The number of hydrogen-bond donors (Lipinski definition) is 3. The first-order valence-electron chi connectivity index (χ1n) is 12.8. The molecule has 2 saturated heterocycles. The second-order valence-corrected chi connectivity index (χ2v) is 12.8. The molecule has 3 amide bonds. The molecule has 1 spiro atoms. The van der Waals surface area contributed by atoms with Gasteiger partial charge in [0.05, 0.1) is 12.3 Å². The number of rotatable bonds is 7. The van der Waals surface area contributed by atoms with Gasteiger partial charge in [-0.15, -0.1) is 0 Å². The predicted octanol–water partition coefficient (Wildman–Crippen LogP) is 2.05. The summed E-state index contributed by atoms with van der Waals surface area (Å²) in [5.41, 5.74) is -0.611. The summed E-state index contributed by atoms with van der Waals surface area (Å²) in [6.45, 7) is 10.6. The summed E-state index contributed by atoms with van der Waals surface area (Å²) >= 11 is 0. The van der Waals surface area contributed by atoms with E-state index >= 15 is 0 Å². The highest BCUT2D eigenvalue weighted by atomic mass is 16.4. The van der Waals surface area contributed by atoms with Crippen LogP contribution in [0.5, 0.6) is 0 Å². The number of nitrogens with one attached hydrogen (secondary N) is 3. The minimum Gasteiger partial charge on any atom is -0.432 e. The van der Waals surface area contributed by atoms with E-state index in [1.165, 1.54) is 12.5 Å². The highest BCUT2D eigenvalue weighted by Crippen LogP contribution is 2.65. The first-order valence-corrected chi connectivity index (χ1v) is 12.8. The van der Waals surface area contributed by atoms with E-state index in [2.05, 4.69) is 40.9 Å². The molecule has 4 fully saturated rings. The number of fused-ring (bicyclic) bond motifs is 1. The number of nitriles is 1. The molecule has 2 aliphatic heterocycles. The van der Waals surface area contributed by atoms with Gasteiger partial charge in [-0.1, -0.05) is 34.6 Å². The molecular weight excluding hydrogens is 460 g/mol. The largest absolute Gasteiger partial charge is 0.432 e. The SMILES string of the molecule is CC(C)(C)[C@H](Nc1ncco1)C(=O)N1C[C@H]2[C@@H]([C@H]1C(=O)N[C@H](C#N)C[C@@H]1CC3(CC3)NC1=O)C2(C)C. The zero-order valence-corrected chi connectivity index (χ0v) is 21.6. The molecule has 1 aromatic rings. The van der Waals surface area contributed by atoms with Crippen molar-refractivity contribution in [2.75, 3.05) is 11.9 Å². The summed E-state index contributed by atoms with van der Waals surface area (Å²) in [4.78, 5) is 45.7. The van der Waals surface area contributed by atoms with Crippen molar-refractivity contribution in [1.29, 1.82) is 5.26 Å². The molecule has 3 heterocycles. The lowest BCUT2D eigenvalue weighted by Gasteiger charge is -2.37. The van der Waals surface area contributed by atoms with Gasteiger partial charge in [-0.3, -0.25) is 14.4 Å². The molecule has 3 N–H and O–H groups in total. The summed E-state index contributed by atoms with van der Waals surface area (Å²) in [6, 6.07) is 0.310. The van der Waals surface area contributed by atoms with Crippen LogP contribution in [0, 0.1) is 39.9 Å². The fraction of sp³-hybridized carbons (Fsp3) is 0.731. The molecule has 1 aromatic heterocycles. The van der Waals surface area contributed by atoms with E-state index < -0.39 is 23.5 Å². The van der Waals surface area contributed by atoms with E-state index in [-0.39, 0.29) is 58.9 Å². The van der Waals surface area contributed by atoms with Crippen molar-refractivity contribution < 1.29 is 18.8 Å². The number of amides is 3. The maximum Gasteiger partial charge on any atom is 0.295 e. The lowest BCUT2D eigenvalue weighted by molar-refractivity contribution is -0.142. The maximum absolute atomic E-state index is 13.9. The van der Waals surface area contributed by atoms with Gasteiger partial charge in [0.15, 0.2) is 0 Å². The van der Waals surface area contributed by atoms with Gasteiger partial charge in [0.25, 0.3) is 6.01 Å². The Labute approximate surface area is 211 Å².